The van der Waals surface area contributed by atoms with E-state index in [1.807, 2.05) is 30.3 Å². The summed E-state index contributed by atoms with van der Waals surface area (Å²) in [5, 5.41) is 8.84. The highest BCUT2D eigenvalue weighted by atomic mass is 16.5. The molecule has 2 aromatic heterocycles. The second-order valence-electron chi connectivity index (χ2n) is 5.43. The van der Waals surface area contributed by atoms with E-state index in [-0.39, 0.29) is 6.54 Å². The van der Waals surface area contributed by atoms with E-state index in [1.165, 1.54) is 13.3 Å². The minimum atomic E-state index is -0.794. The molecule has 0 fully saturated rings. The second-order valence-corrected chi connectivity index (χ2v) is 5.43. The third kappa shape index (κ3) is 4.88. The molecule has 3 aromatic rings. The largest absolute Gasteiger partial charge is 0.481 e. The number of methoxy groups -OCH3 is 1. The zero-order chi connectivity index (χ0) is 19.1. The predicted molar refractivity (Wildman–Crippen MR) is 95.9 cm³/mol. The minimum absolute atomic E-state index is 0.184. The highest BCUT2D eigenvalue weighted by Crippen LogP contribution is 2.14. The van der Waals surface area contributed by atoms with Gasteiger partial charge in [0.2, 0.25) is 17.6 Å². The molecular formula is C18H17N5O4. The monoisotopic (exact) mass is 367 g/mol. The Bertz CT molecular complexity index is 909. The minimum Gasteiger partial charge on any atom is -0.481 e. The van der Waals surface area contributed by atoms with Crippen molar-refractivity contribution in [1.29, 1.82) is 0 Å². The second kappa shape index (κ2) is 8.56. The third-order valence-corrected chi connectivity index (χ3v) is 3.53. The Labute approximate surface area is 154 Å². The van der Waals surface area contributed by atoms with Gasteiger partial charge in [0.15, 0.2) is 0 Å². The SMILES string of the molecule is COc1ccc(NC(=O)C(=O)NCCc2nc(-c3ccccc3)no2)cn1. The summed E-state index contributed by atoms with van der Waals surface area (Å²) in [6.07, 6.45) is 1.70. The molecule has 0 bridgehead atoms. The summed E-state index contributed by atoms with van der Waals surface area (Å²) < 4.78 is 10.1. The summed E-state index contributed by atoms with van der Waals surface area (Å²) in [6, 6.07) is 12.6. The van der Waals surface area contributed by atoms with Crippen LogP contribution in [0.3, 0.4) is 0 Å². The number of hydrogen-bond acceptors (Lipinski definition) is 7. The lowest BCUT2D eigenvalue weighted by atomic mass is 10.2. The van der Waals surface area contributed by atoms with Gasteiger partial charge in [0.1, 0.15) is 0 Å². The van der Waals surface area contributed by atoms with Crippen LogP contribution in [0, 0.1) is 0 Å². The summed E-state index contributed by atoms with van der Waals surface area (Å²) in [5.41, 5.74) is 1.23. The van der Waals surface area contributed by atoms with Crippen molar-refractivity contribution in [2.24, 2.45) is 0 Å². The van der Waals surface area contributed by atoms with E-state index < -0.39 is 11.8 Å². The van der Waals surface area contributed by atoms with Crippen LogP contribution in [-0.2, 0) is 16.0 Å². The van der Waals surface area contributed by atoms with E-state index in [2.05, 4.69) is 25.8 Å². The quantitative estimate of drug-likeness (QED) is 0.633. The van der Waals surface area contributed by atoms with Crippen molar-refractivity contribution in [1.82, 2.24) is 20.4 Å². The number of anilines is 1. The molecule has 0 saturated heterocycles. The summed E-state index contributed by atoms with van der Waals surface area (Å²) >= 11 is 0. The van der Waals surface area contributed by atoms with Gasteiger partial charge in [0, 0.05) is 24.6 Å². The molecule has 138 valence electrons. The number of ether oxygens (including phenoxy) is 1. The molecule has 0 atom stereocenters. The van der Waals surface area contributed by atoms with Gasteiger partial charge in [-0.2, -0.15) is 4.98 Å². The molecule has 9 heteroatoms. The molecule has 2 N–H and O–H groups in total. The van der Waals surface area contributed by atoms with E-state index in [0.29, 0.717) is 29.7 Å². The van der Waals surface area contributed by atoms with Crippen LogP contribution < -0.4 is 15.4 Å². The molecule has 0 saturated carbocycles. The summed E-state index contributed by atoms with van der Waals surface area (Å²) in [7, 11) is 1.49. The van der Waals surface area contributed by atoms with Crippen LogP contribution in [0.1, 0.15) is 5.89 Å². The van der Waals surface area contributed by atoms with Crippen LogP contribution in [0.5, 0.6) is 5.88 Å². The van der Waals surface area contributed by atoms with Gasteiger partial charge in [-0.25, -0.2) is 4.98 Å². The number of amides is 2. The standard InChI is InChI=1S/C18H17N5O4/c1-26-14-8-7-13(11-20-14)21-18(25)17(24)19-10-9-15-22-16(23-27-15)12-5-3-2-4-6-12/h2-8,11H,9-10H2,1H3,(H,19,24)(H,21,25). The van der Waals surface area contributed by atoms with Gasteiger partial charge >= 0.3 is 11.8 Å². The van der Waals surface area contributed by atoms with Crippen molar-refractivity contribution < 1.29 is 18.8 Å². The van der Waals surface area contributed by atoms with Crippen molar-refractivity contribution in [3.05, 3.63) is 54.6 Å². The lowest BCUT2D eigenvalue weighted by molar-refractivity contribution is -0.136. The number of nitrogens with one attached hydrogen (secondary N) is 2. The first-order chi connectivity index (χ1) is 13.2. The zero-order valence-electron chi connectivity index (χ0n) is 14.5. The Morgan fingerprint density at radius 3 is 2.63 bits per heavy atom. The molecule has 0 aliphatic heterocycles. The number of aromatic nitrogens is 3. The first kappa shape index (κ1) is 18.1. The summed E-state index contributed by atoms with van der Waals surface area (Å²) in [5.74, 6) is -0.312. The molecule has 27 heavy (non-hydrogen) atoms. The molecular weight excluding hydrogens is 350 g/mol. The predicted octanol–water partition coefficient (Wildman–Crippen LogP) is 1.44. The van der Waals surface area contributed by atoms with Crippen LogP contribution >= 0.6 is 0 Å². The van der Waals surface area contributed by atoms with Gasteiger partial charge in [-0.1, -0.05) is 35.5 Å². The van der Waals surface area contributed by atoms with Crippen LogP contribution in [0.4, 0.5) is 5.69 Å². The van der Waals surface area contributed by atoms with Gasteiger partial charge in [0.05, 0.1) is 19.0 Å². The maximum absolute atomic E-state index is 11.9. The van der Waals surface area contributed by atoms with Gasteiger partial charge in [-0.05, 0) is 6.07 Å². The molecule has 0 aliphatic carbocycles. The van der Waals surface area contributed by atoms with Crippen molar-refractivity contribution in [2.75, 3.05) is 19.0 Å². The number of rotatable bonds is 6. The van der Waals surface area contributed by atoms with E-state index >= 15 is 0 Å². The van der Waals surface area contributed by atoms with Crippen molar-refractivity contribution in [3.63, 3.8) is 0 Å². The molecule has 2 amide bonds. The molecule has 9 nitrogen and oxygen atoms in total. The molecule has 0 radical (unpaired) electrons. The maximum atomic E-state index is 11.9. The first-order valence-corrected chi connectivity index (χ1v) is 8.13. The topological polar surface area (TPSA) is 119 Å². The number of carbonyl (C=O) groups is 2. The third-order valence-electron chi connectivity index (χ3n) is 3.53. The highest BCUT2D eigenvalue weighted by Gasteiger charge is 2.14. The smallest absolute Gasteiger partial charge is 0.313 e. The molecule has 1 aromatic carbocycles. The van der Waals surface area contributed by atoms with Crippen molar-refractivity contribution in [3.8, 4) is 17.3 Å². The average molecular weight is 367 g/mol. The molecule has 2 heterocycles. The van der Waals surface area contributed by atoms with Crippen molar-refractivity contribution in [2.45, 2.75) is 6.42 Å². The molecule has 3 rings (SSSR count). The van der Waals surface area contributed by atoms with Crippen LogP contribution in [0.2, 0.25) is 0 Å². The van der Waals surface area contributed by atoms with E-state index in [0.717, 1.165) is 5.56 Å². The Morgan fingerprint density at radius 1 is 1.11 bits per heavy atom. The molecule has 0 aliphatic rings. The van der Waals surface area contributed by atoms with E-state index in [4.69, 9.17) is 9.26 Å². The maximum Gasteiger partial charge on any atom is 0.313 e. The van der Waals surface area contributed by atoms with Gasteiger partial charge in [-0.3, -0.25) is 9.59 Å². The van der Waals surface area contributed by atoms with Crippen LogP contribution in [-0.4, -0.2) is 40.6 Å². The number of hydrogen-bond donors (Lipinski definition) is 2. The highest BCUT2D eigenvalue weighted by molar-refractivity contribution is 6.39. The fourth-order valence-electron chi connectivity index (χ4n) is 2.19. The fourth-order valence-corrected chi connectivity index (χ4v) is 2.19. The van der Waals surface area contributed by atoms with Crippen LogP contribution in [0.25, 0.3) is 11.4 Å². The van der Waals surface area contributed by atoms with Gasteiger partial charge < -0.3 is 19.9 Å². The molecule has 0 spiro atoms. The lowest BCUT2D eigenvalue weighted by Gasteiger charge is -2.06. The van der Waals surface area contributed by atoms with E-state index in [1.54, 1.807) is 12.1 Å². The van der Waals surface area contributed by atoms with Crippen LogP contribution in [0.15, 0.2) is 53.2 Å². The van der Waals surface area contributed by atoms with Crippen molar-refractivity contribution >= 4 is 17.5 Å². The number of carbonyl (C=O) groups excluding carboxylic acids is 2. The lowest BCUT2D eigenvalue weighted by Crippen LogP contribution is -2.36. The first-order valence-electron chi connectivity index (χ1n) is 8.13. The van der Waals surface area contributed by atoms with Gasteiger partial charge in [0.25, 0.3) is 0 Å². The average Bonchev–Trinajstić information content (AvgIpc) is 3.18. The number of nitrogens with zero attached hydrogens (tertiary/aromatic N) is 3. The Balaban J connectivity index is 1.46. The Kier molecular flexibility index (Phi) is 5.73. The Hall–Kier alpha value is -3.75. The Morgan fingerprint density at radius 2 is 1.93 bits per heavy atom. The van der Waals surface area contributed by atoms with E-state index in [9.17, 15) is 9.59 Å². The zero-order valence-corrected chi connectivity index (χ0v) is 14.5. The normalized spacial score (nSPS) is 10.3. The van der Waals surface area contributed by atoms with Gasteiger partial charge in [-0.15, -0.1) is 0 Å². The molecule has 0 unspecified atom stereocenters. The summed E-state index contributed by atoms with van der Waals surface area (Å²) in [4.78, 5) is 31.9. The fraction of sp³-hybridized carbons (Fsp3) is 0.167. The summed E-state index contributed by atoms with van der Waals surface area (Å²) in [6.45, 7) is 0.184. The number of pyridine rings is 1. The number of benzene rings is 1.